The Labute approximate surface area is 94.2 Å². The SMILES string of the molecule is CN1CCN(C(=O)CCl)c2ccccc21. The highest BCUT2D eigenvalue weighted by atomic mass is 35.5. The molecule has 1 aliphatic heterocycles. The van der Waals surface area contributed by atoms with E-state index in [-0.39, 0.29) is 11.8 Å². The van der Waals surface area contributed by atoms with Gasteiger partial charge in [0, 0.05) is 20.1 Å². The summed E-state index contributed by atoms with van der Waals surface area (Å²) >= 11 is 5.58. The molecule has 1 aromatic rings. The van der Waals surface area contributed by atoms with Crippen LogP contribution in [0, 0.1) is 0 Å². The number of likely N-dealkylation sites (N-methyl/N-ethyl adjacent to an activating group) is 1. The Morgan fingerprint density at radius 1 is 1.33 bits per heavy atom. The normalized spacial score (nSPS) is 15.1. The quantitative estimate of drug-likeness (QED) is 0.678. The summed E-state index contributed by atoms with van der Waals surface area (Å²) in [6.45, 7) is 1.55. The van der Waals surface area contributed by atoms with Gasteiger partial charge in [-0.3, -0.25) is 4.79 Å². The molecule has 3 nitrogen and oxygen atoms in total. The molecule has 4 heteroatoms. The van der Waals surface area contributed by atoms with Crippen molar-refractivity contribution in [2.24, 2.45) is 0 Å². The number of anilines is 2. The lowest BCUT2D eigenvalue weighted by molar-refractivity contribution is -0.116. The molecule has 0 radical (unpaired) electrons. The van der Waals surface area contributed by atoms with Gasteiger partial charge in [-0.15, -0.1) is 11.6 Å². The van der Waals surface area contributed by atoms with Crippen LogP contribution in [0.2, 0.25) is 0 Å². The Morgan fingerprint density at radius 2 is 2.00 bits per heavy atom. The molecule has 0 spiro atoms. The summed E-state index contributed by atoms with van der Waals surface area (Å²) in [5.41, 5.74) is 2.04. The van der Waals surface area contributed by atoms with Crippen molar-refractivity contribution in [1.82, 2.24) is 0 Å². The first-order valence-electron chi connectivity index (χ1n) is 4.90. The Kier molecular flexibility index (Phi) is 2.82. The Bertz CT molecular complexity index is 381. The van der Waals surface area contributed by atoms with Crippen LogP contribution in [0.15, 0.2) is 24.3 Å². The number of fused-ring (bicyclic) bond motifs is 1. The van der Waals surface area contributed by atoms with Gasteiger partial charge in [0.1, 0.15) is 5.88 Å². The van der Waals surface area contributed by atoms with Crippen LogP contribution in [0.25, 0.3) is 0 Å². The van der Waals surface area contributed by atoms with E-state index in [0.29, 0.717) is 6.54 Å². The van der Waals surface area contributed by atoms with Gasteiger partial charge >= 0.3 is 0 Å². The Hall–Kier alpha value is -1.22. The monoisotopic (exact) mass is 224 g/mol. The molecule has 15 heavy (non-hydrogen) atoms. The van der Waals surface area contributed by atoms with E-state index in [1.54, 1.807) is 4.90 Å². The number of nitrogens with zero attached hydrogens (tertiary/aromatic N) is 2. The van der Waals surface area contributed by atoms with E-state index in [4.69, 9.17) is 11.6 Å². The van der Waals surface area contributed by atoms with E-state index < -0.39 is 0 Å². The molecule has 1 heterocycles. The number of benzene rings is 1. The zero-order valence-corrected chi connectivity index (χ0v) is 9.37. The molecule has 0 fully saturated rings. The van der Waals surface area contributed by atoms with E-state index in [9.17, 15) is 4.79 Å². The molecular weight excluding hydrogens is 212 g/mol. The van der Waals surface area contributed by atoms with Crippen molar-refractivity contribution in [3.63, 3.8) is 0 Å². The van der Waals surface area contributed by atoms with Crippen LogP contribution in [-0.2, 0) is 4.79 Å². The minimum absolute atomic E-state index is 0.0304. The van der Waals surface area contributed by atoms with Crippen molar-refractivity contribution in [3.8, 4) is 0 Å². The Balaban J connectivity index is 2.40. The second-order valence-corrected chi connectivity index (χ2v) is 3.86. The lowest BCUT2D eigenvalue weighted by atomic mass is 10.2. The number of amides is 1. The first-order chi connectivity index (χ1) is 7.24. The van der Waals surface area contributed by atoms with Crippen LogP contribution in [-0.4, -0.2) is 31.9 Å². The third-order valence-electron chi connectivity index (χ3n) is 2.66. The maximum atomic E-state index is 11.6. The molecule has 0 saturated carbocycles. The molecule has 1 aromatic carbocycles. The highest BCUT2D eigenvalue weighted by molar-refractivity contribution is 6.29. The van der Waals surface area contributed by atoms with Gasteiger partial charge in [-0.1, -0.05) is 12.1 Å². The summed E-state index contributed by atoms with van der Waals surface area (Å²) in [7, 11) is 2.03. The third-order valence-corrected chi connectivity index (χ3v) is 2.89. The fraction of sp³-hybridized carbons (Fsp3) is 0.364. The maximum Gasteiger partial charge on any atom is 0.242 e. The zero-order valence-electron chi connectivity index (χ0n) is 8.61. The van der Waals surface area contributed by atoms with Gasteiger partial charge in [0.25, 0.3) is 0 Å². The number of carbonyl (C=O) groups excluding carboxylic acids is 1. The van der Waals surface area contributed by atoms with Crippen molar-refractivity contribution < 1.29 is 4.79 Å². The number of para-hydroxylation sites is 2. The van der Waals surface area contributed by atoms with Crippen molar-refractivity contribution in [2.45, 2.75) is 0 Å². The highest BCUT2D eigenvalue weighted by Crippen LogP contribution is 2.31. The molecule has 0 atom stereocenters. The van der Waals surface area contributed by atoms with Gasteiger partial charge in [0.05, 0.1) is 11.4 Å². The fourth-order valence-corrected chi connectivity index (χ4v) is 1.98. The van der Waals surface area contributed by atoms with Crippen molar-refractivity contribution in [1.29, 1.82) is 0 Å². The molecule has 0 bridgehead atoms. The number of hydrogen-bond acceptors (Lipinski definition) is 2. The summed E-state index contributed by atoms with van der Waals surface area (Å²) in [6.07, 6.45) is 0. The zero-order chi connectivity index (χ0) is 10.8. The average Bonchev–Trinajstić information content (AvgIpc) is 2.29. The van der Waals surface area contributed by atoms with Crippen LogP contribution >= 0.6 is 11.6 Å². The molecule has 80 valence electrons. The lowest BCUT2D eigenvalue weighted by Crippen LogP contribution is -2.43. The molecule has 1 aliphatic rings. The molecule has 0 aliphatic carbocycles. The first-order valence-corrected chi connectivity index (χ1v) is 5.44. The maximum absolute atomic E-state index is 11.6. The highest BCUT2D eigenvalue weighted by Gasteiger charge is 2.23. The topological polar surface area (TPSA) is 23.6 Å². The molecular formula is C11H13ClN2O. The molecule has 0 N–H and O–H groups in total. The number of hydrogen-bond donors (Lipinski definition) is 0. The van der Waals surface area contributed by atoms with Crippen LogP contribution in [0.5, 0.6) is 0 Å². The summed E-state index contributed by atoms with van der Waals surface area (Å²) < 4.78 is 0. The van der Waals surface area contributed by atoms with Crippen molar-refractivity contribution in [3.05, 3.63) is 24.3 Å². The summed E-state index contributed by atoms with van der Waals surface area (Å²) in [6, 6.07) is 7.88. The largest absolute Gasteiger partial charge is 0.371 e. The van der Waals surface area contributed by atoms with Crippen LogP contribution in [0.1, 0.15) is 0 Å². The smallest absolute Gasteiger partial charge is 0.242 e. The van der Waals surface area contributed by atoms with Gasteiger partial charge in [-0.25, -0.2) is 0 Å². The first kappa shape index (κ1) is 10.3. The van der Waals surface area contributed by atoms with Gasteiger partial charge in [0.15, 0.2) is 0 Å². The van der Waals surface area contributed by atoms with Crippen LogP contribution in [0.3, 0.4) is 0 Å². The second-order valence-electron chi connectivity index (χ2n) is 3.59. The van der Waals surface area contributed by atoms with Crippen LogP contribution in [0.4, 0.5) is 11.4 Å². The van der Waals surface area contributed by atoms with Crippen LogP contribution < -0.4 is 9.80 Å². The predicted octanol–water partition coefficient (Wildman–Crippen LogP) is 1.71. The summed E-state index contributed by atoms with van der Waals surface area (Å²) in [4.78, 5) is 15.5. The fourth-order valence-electron chi connectivity index (χ4n) is 1.84. The number of carbonyl (C=O) groups is 1. The average molecular weight is 225 g/mol. The van der Waals surface area contributed by atoms with Crippen molar-refractivity contribution in [2.75, 3.05) is 35.8 Å². The van der Waals surface area contributed by atoms with E-state index in [1.165, 1.54) is 0 Å². The van der Waals surface area contributed by atoms with Gasteiger partial charge in [-0.2, -0.15) is 0 Å². The standard InChI is InChI=1S/C11H13ClN2O/c1-13-6-7-14(11(15)8-12)10-5-3-2-4-9(10)13/h2-5H,6-8H2,1H3. The van der Waals surface area contributed by atoms with E-state index in [0.717, 1.165) is 17.9 Å². The summed E-state index contributed by atoms with van der Waals surface area (Å²) in [5, 5.41) is 0. The second kappa shape index (κ2) is 4.11. The lowest BCUT2D eigenvalue weighted by Gasteiger charge is -2.35. The van der Waals surface area contributed by atoms with Crippen molar-refractivity contribution >= 4 is 28.9 Å². The molecule has 1 amide bonds. The molecule has 2 rings (SSSR count). The summed E-state index contributed by atoms with van der Waals surface area (Å²) in [5.74, 6) is 0.00938. The number of halogens is 1. The molecule has 0 saturated heterocycles. The van der Waals surface area contributed by atoms with E-state index in [1.807, 2.05) is 31.3 Å². The molecule has 0 unspecified atom stereocenters. The van der Waals surface area contributed by atoms with E-state index in [2.05, 4.69) is 4.90 Å². The minimum atomic E-state index is -0.0304. The third kappa shape index (κ3) is 1.79. The molecule has 0 aromatic heterocycles. The minimum Gasteiger partial charge on any atom is -0.371 e. The number of alkyl halides is 1. The van der Waals surface area contributed by atoms with Gasteiger partial charge in [-0.05, 0) is 12.1 Å². The Morgan fingerprint density at radius 3 is 2.67 bits per heavy atom. The van der Waals surface area contributed by atoms with Gasteiger partial charge < -0.3 is 9.80 Å². The van der Waals surface area contributed by atoms with E-state index >= 15 is 0 Å². The number of rotatable bonds is 1. The van der Waals surface area contributed by atoms with Gasteiger partial charge in [0.2, 0.25) is 5.91 Å². The predicted molar refractivity (Wildman–Crippen MR) is 62.8 cm³/mol.